The van der Waals surface area contributed by atoms with Crippen LogP contribution in [0.4, 0.5) is 0 Å². The van der Waals surface area contributed by atoms with Crippen molar-refractivity contribution < 1.29 is 15.0 Å². The van der Waals surface area contributed by atoms with Crippen molar-refractivity contribution in [3.63, 3.8) is 0 Å². The highest BCUT2D eigenvalue weighted by Gasteiger charge is 2.09. The first kappa shape index (κ1) is 15.1. The lowest BCUT2D eigenvalue weighted by atomic mass is 10.3. The van der Waals surface area contributed by atoms with Gasteiger partial charge in [-0.05, 0) is 19.1 Å². The number of hydrogen-bond donors (Lipinski definition) is 3. The van der Waals surface area contributed by atoms with E-state index >= 15 is 0 Å². The molecule has 1 heterocycles. The van der Waals surface area contributed by atoms with Crippen molar-refractivity contribution >= 4 is 29.2 Å². The summed E-state index contributed by atoms with van der Waals surface area (Å²) < 4.78 is 0. The van der Waals surface area contributed by atoms with Gasteiger partial charge >= 0.3 is 5.97 Å². The Kier molecular flexibility index (Phi) is 7.00. The molecule has 0 fully saturated rings. The number of carboxylic acids is 1. The van der Waals surface area contributed by atoms with Crippen LogP contribution in [0.25, 0.3) is 0 Å². The fourth-order valence-corrected chi connectivity index (χ4v) is 0.902. The quantitative estimate of drug-likeness (QED) is 0.704. The summed E-state index contributed by atoms with van der Waals surface area (Å²) >= 11 is 10.9. The van der Waals surface area contributed by atoms with Crippen LogP contribution < -0.4 is 5.73 Å². The van der Waals surface area contributed by atoms with Crippen LogP contribution in [0.3, 0.4) is 0 Å². The summed E-state index contributed by atoms with van der Waals surface area (Å²) in [6.07, 6.45) is -0.338. The lowest BCUT2D eigenvalue weighted by Gasteiger charge is -1.96. The third-order valence-corrected chi connectivity index (χ3v) is 1.87. The molecule has 1 aromatic rings. The molecule has 5 nitrogen and oxygen atoms in total. The standard InChI is InChI=1S/C6H3Cl2NO2.C3H9NO/c7-3-1-2-4(8)9-5(3)6(10)11;1-3(5)2-4/h1-2H,(H,10,11);3,5H,2,4H2,1H3. The van der Waals surface area contributed by atoms with Gasteiger partial charge in [0.15, 0.2) is 5.69 Å². The molecule has 7 heteroatoms. The van der Waals surface area contributed by atoms with Gasteiger partial charge < -0.3 is 15.9 Å². The molecule has 1 rings (SSSR count). The number of halogens is 2. The number of aliphatic hydroxyl groups excluding tert-OH is 1. The van der Waals surface area contributed by atoms with E-state index in [1.807, 2.05) is 0 Å². The maximum Gasteiger partial charge on any atom is 0.356 e. The third kappa shape index (κ3) is 5.87. The van der Waals surface area contributed by atoms with Crippen LogP contribution >= 0.6 is 23.2 Å². The molecule has 1 aromatic heterocycles. The minimum absolute atomic E-state index is 0.0851. The van der Waals surface area contributed by atoms with Gasteiger partial charge in [0, 0.05) is 6.54 Å². The van der Waals surface area contributed by atoms with Gasteiger partial charge in [0.25, 0.3) is 0 Å². The Hall–Kier alpha value is -0.880. The van der Waals surface area contributed by atoms with Crippen molar-refractivity contribution in [1.29, 1.82) is 0 Å². The van der Waals surface area contributed by atoms with Crippen molar-refractivity contribution in [3.05, 3.63) is 28.0 Å². The van der Waals surface area contributed by atoms with Gasteiger partial charge in [0.05, 0.1) is 11.1 Å². The highest BCUT2D eigenvalue weighted by molar-refractivity contribution is 6.34. The number of aromatic carboxylic acids is 1. The second-order valence-corrected chi connectivity index (χ2v) is 3.65. The van der Waals surface area contributed by atoms with Crippen LogP contribution in [-0.4, -0.2) is 33.8 Å². The molecule has 0 saturated heterocycles. The number of hydrogen-bond acceptors (Lipinski definition) is 4. The number of nitrogens with zero attached hydrogens (tertiary/aromatic N) is 1. The molecular formula is C9H12Cl2N2O3. The highest BCUT2D eigenvalue weighted by Crippen LogP contribution is 2.16. The minimum atomic E-state index is -1.18. The smallest absolute Gasteiger partial charge is 0.356 e. The van der Waals surface area contributed by atoms with Crippen molar-refractivity contribution in [2.24, 2.45) is 5.73 Å². The molecule has 1 unspecified atom stereocenters. The number of nitrogens with two attached hydrogens (primary N) is 1. The molecule has 0 amide bonds. The second kappa shape index (κ2) is 7.40. The zero-order valence-corrected chi connectivity index (χ0v) is 10.0. The predicted octanol–water partition coefficient (Wildman–Crippen LogP) is 1.41. The lowest BCUT2D eigenvalue weighted by Crippen LogP contribution is -2.14. The molecule has 0 saturated carbocycles. The van der Waals surface area contributed by atoms with Gasteiger partial charge in [-0.2, -0.15) is 0 Å². The molecule has 1 atom stereocenters. The second-order valence-electron chi connectivity index (χ2n) is 2.85. The molecule has 0 radical (unpaired) electrons. The summed E-state index contributed by atoms with van der Waals surface area (Å²) in [7, 11) is 0. The molecule has 0 aromatic carbocycles. The van der Waals surface area contributed by atoms with Gasteiger partial charge in [0.2, 0.25) is 0 Å². The van der Waals surface area contributed by atoms with E-state index in [1.165, 1.54) is 12.1 Å². The van der Waals surface area contributed by atoms with Gasteiger partial charge in [-0.25, -0.2) is 9.78 Å². The van der Waals surface area contributed by atoms with Crippen LogP contribution in [0.5, 0.6) is 0 Å². The van der Waals surface area contributed by atoms with E-state index in [1.54, 1.807) is 6.92 Å². The Bertz CT molecular complexity index is 359. The molecule has 4 N–H and O–H groups in total. The molecule has 0 aliphatic heterocycles. The molecule has 0 aliphatic rings. The fourth-order valence-electron chi connectivity index (χ4n) is 0.568. The summed E-state index contributed by atoms with van der Waals surface area (Å²) in [5.41, 5.74) is 4.70. The normalized spacial score (nSPS) is 11.3. The topological polar surface area (TPSA) is 96.4 Å². The summed E-state index contributed by atoms with van der Waals surface area (Å²) in [6.45, 7) is 2.01. The highest BCUT2D eigenvalue weighted by atomic mass is 35.5. The number of carboxylic acid groups (broad SMARTS) is 1. The molecule has 0 spiro atoms. The average Bonchev–Trinajstić information content (AvgIpc) is 2.22. The number of carbonyl (C=O) groups is 1. The van der Waals surface area contributed by atoms with Crippen molar-refractivity contribution in [2.75, 3.05) is 6.54 Å². The average molecular weight is 267 g/mol. The van der Waals surface area contributed by atoms with E-state index in [0.717, 1.165) is 0 Å². The first-order valence-electron chi connectivity index (χ1n) is 4.32. The summed E-state index contributed by atoms with van der Waals surface area (Å²) in [4.78, 5) is 13.9. The maximum atomic E-state index is 10.4. The van der Waals surface area contributed by atoms with Gasteiger partial charge in [-0.15, -0.1) is 0 Å². The Morgan fingerprint density at radius 2 is 2.06 bits per heavy atom. The maximum absolute atomic E-state index is 10.4. The molecule has 16 heavy (non-hydrogen) atoms. The monoisotopic (exact) mass is 266 g/mol. The van der Waals surface area contributed by atoms with Crippen molar-refractivity contribution in [1.82, 2.24) is 4.98 Å². The Balaban J connectivity index is 0.000000385. The number of aromatic nitrogens is 1. The predicted molar refractivity (Wildman–Crippen MR) is 62.0 cm³/mol. The van der Waals surface area contributed by atoms with Crippen molar-refractivity contribution in [2.45, 2.75) is 13.0 Å². The molecule has 0 aliphatic carbocycles. The largest absolute Gasteiger partial charge is 0.476 e. The summed E-state index contributed by atoms with van der Waals surface area (Å²) in [5.74, 6) is -1.18. The van der Waals surface area contributed by atoms with E-state index in [4.69, 9.17) is 39.1 Å². The fraction of sp³-hybridized carbons (Fsp3) is 0.333. The molecule has 90 valence electrons. The number of pyridine rings is 1. The van der Waals surface area contributed by atoms with E-state index in [-0.39, 0.29) is 22.0 Å². The molecular weight excluding hydrogens is 255 g/mol. The first-order valence-corrected chi connectivity index (χ1v) is 5.07. The summed E-state index contributed by atoms with van der Waals surface area (Å²) in [6, 6.07) is 2.82. The van der Waals surface area contributed by atoms with Gasteiger partial charge in [-0.3, -0.25) is 0 Å². The van der Waals surface area contributed by atoms with E-state index in [2.05, 4.69) is 4.98 Å². The third-order valence-electron chi connectivity index (χ3n) is 1.36. The number of rotatable bonds is 2. The zero-order valence-electron chi connectivity index (χ0n) is 8.52. The summed E-state index contributed by atoms with van der Waals surface area (Å²) in [5, 5.41) is 16.9. The van der Waals surface area contributed by atoms with Crippen LogP contribution in [0.1, 0.15) is 17.4 Å². The van der Waals surface area contributed by atoms with Crippen LogP contribution in [0, 0.1) is 0 Å². The van der Waals surface area contributed by atoms with Gasteiger partial charge in [0.1, 0.15) is 5.15 Å². The number of aliphatic hydroxyl groups is 1. The van der Waals surface area contributed by atoms with E-state index < -0.39 is 5.97 Å². The van der Waals surface area contributed by atoms with E-state index in [9.17, 15) is 4.79 Å². The van der Waals surface area contributed by atoms with Crippen LogP contribution in [0.15, 0.2) is 12.1 Å². The van der Waals surface area contributed by atoms with Gasteiger partial charge in [-0.1, -0.05) is 23.2 Å². The first-order chi connectivity index (χ1) is 7.38. The van der Waals surface area contributed by atoms with E-state index in [0.29, 0.717) is 6.54 Å². The Morgan fingerprint density at radius 1 is 1.56 bits per heavy atom. The zero-order chi connectivity index (χ0) is 12.7. The van der Waals surface area contributed by atoms with Crippen molar-refractivity contribution in [3.8, 4) is 0 Å². The van der Waals surface area contributed by atoms with Crippen LogP contribution in [-0.2, 0) is 0 Å². The lowest BCUT2D eigenvalue weighted by molar-refractivity contribution is 0.0690. The van der Waals surface area contributed by atoms with Crippen LogP contribution in [0.2, 0.25) is 10.2 Å². The Morgan fingerprint density at radius 3 is 2.38 bits per heavy atom. The SMILES string of the molecule is CC(O)CN.O=C(O)c1nc(Cl)ccc1Cl. The minimum Gasteiger partial charge on any atom is -0.476 e. The molecule has 0 bridgehead atoms. The Labute approximate surface area is 103 Å².